The maximum Gasteiger partial charge on any atom is 0.405 e. The first-order chi connectivity index (χ1) is 7.01. The summed E-state index contributed by atoms with van der Waals surface area (Å²) in [7, 11) is 0. The Hall–Kier alpha value is -0.500. The number of nitrogens with zero attached hydrogens (tertiary/aromatic N) is 2. The minimum Gasteiger partial charge on any atom is -0.351 e. The molecule has 0 saturated carbocycles. The highest BCUT2D eigenvalue weighted by Gasteiger charge is 2.27. The zero-order chi connectivity index (χ0) is 11.3. The molecule has 0 bridgehead atoms. The van der Waals surface area contributed by atoms with Gasteiger partial charge in [-0.1, -0.05) is 30.0 Å². The minimum absolute atomic E-state index is 0.214. The number of hydrogen-bond donors (Lipinski definition) is 1. The highest BCUT2D eigenvalue weighted by Crippen LogP contribution is 2.26. The van der Waals surface area contributed by atoms with Gasteiger partial charge in [0.15, 0.2) is 4.34 Å². The number of halogens is 3. The van der Waals surface area contributed by atoms with Crippen LogP contribution in [0, 0.1) is 0 Å². The van der Waals surface area contributed by atoms with Crippen molar-refractivity contribution >= 4 is 28.2 Å². The molecule has 0 aliphatic heterocycles. The second-order valence-electron chi connectivity index (χ2n) is 2.69. The topological polar surface area (TPSA) is 37.8 Å². The zero-order valence-electron chi connectivity index (χ0n) is 7.97. The molecule has 86 valence electrons. The smallest absolute Gasteiger partial charge is 0.351 e. The van der Waals surface area contributed by atoms with E-state index in [1.165, 1.54) is 11.8 Å². The quantitative estimate of drug-likeness (QED) is 0.823. The summed E-state index contributed by atoms with van der Waals surface area (Å²) in [5.41, 5.74) is 0. The van der Waals surface area contributed by atoms with Crippen LogP contribution < -0.4 is 5.32 Å². The molecule has 1 N–H and O–H groups in total. The van der Waals surface area contributed by atoms with Crippen molar-refractivity contribution in [3.05, 3.63) is 0 Å². The standard InChI is InChI=1S/C7H10F3N3S2/c1-2-3-14-6-13-12-5(15-6)11-4-7(8,9)10/h2-4H2,1H3,(H,11,12). The van der Waals surface area contributed by atoms with Gasteiger partial charge in [0.1, 0.15) is 6.54 Å². The number of hydrogen-bond acceptors (Lipinski definition) is 5. The lowest BCUT2D eigenvalue weighted by molar-refractivity contribution is -0.115. The van der Waals surface area contributed by atoms with Crippen LogP contribution in [-0.2, 0) is 0 Å². The fourth-order valence-corrected chi connectivity index (χ4v) is 2.38. The van der Waals surface area contributed by atoms with Crippen LogP contribution in [0.5, 0.6) is 0 Å². The lowest BCUT2D eigenvalue weighted by atomic mass is 10.6. The molecule has 0 amide bonds. The summed E-state index contributed by atoms with van der Waals surface area (Å²) in [5.74, 6) is 0.897. The fourth-order valence-electron chi connectivity index (χ4n) is 0.705. The summed E-state index contributed by atoms with van der Waals surface area (Å²) in [4.78, 5) is 0. The second kappa shape index (κ2) is 5.55. The molecule has 15 heavy (non-hydrogen) atoms. The van der Waals surface area contributed by atoms with E-state index in [9.17, 15) is 13.2 Å². The van der Waals surface area contributed by atoms with E-state index in [1.54, 1.807) is 0 Å². The van der Waals surface area contributed by atoms with E-state index in [2.05, 4.69) is 15.5 Å². The van der Waals surface area contributed by atoms with E-state index >= 15 is 0 Å². The van der Waals surface area contributed by atoms with Crippen LogP contribution in [0.25, 0.3) is 0 Å². The molecule has 1 aromatic heterocycles. The Labute approximate surface area is 93.5 Å². The van der Waals surface area contributed by atoms with Gasteiger partial charge in [-0.2, -0.15) is 13.2 Å². The van der Waals surface area contributed by atoms with E-state index in [4.69, 9.17) is 0 Å². The molecule has 0 spiro atoms. The molecule has 0 atom stereocenters. The number of aromatic nitrogens is 2. The van der Waals surface area contributed by atoms with Crippen LogP contribution >= 0.6 is 23.1 Å². The molecule has 1 rings (SSSR count). The van der Waals surface area contributed by atoms with Crippen molar-refractivity contribution in [2.24, 2.45) is 0 Å². The van der Waals surface area contributed by atoms with Crippen LogP contribution in [0.1, 0.15) is 13.3 Å². The van der Waals surface area contributed by atoms with E-state index < -0.39 is 12.7 Å². The first-order valence-electron chi connectivity index (χ1n) is 4.28. The van der Waals surface area contributed by atoms with Gasteiger partial charge in [-0.05, 0) is 6.42 Å². The Morgan fingerprint density at radius 2 is 2.13 bits per heavy atom. The van der Waals surface area contributed by atoms with Crippen molar-refractivity contribution < 1.29 is 13.2 Å². The average Bonchev–Trinajstić information content (AvgIpc) is 2.58. The van der Waals surface area contributed by atoms with Crippen LogP contribution in [0.3, 0.4) is 0 Å². The van der Waals surface area contributed by atoms with Crippen molar-refractivity contribution in [2.75, 3.05) is 17.6 Å². The third kappa shape index (κ3) is 5.22. The molecular formula is C7H10F3N3S2. The Morgan fingerprint density at radius 3 is 2.73 bits per heavy atom. The van der Waals surface area contributed by atoms with E-state index in [1.807, 2.05) is 6.92 Å². The third-order valence-electron chi connectivity index (χ3n) is 1.28. The van der Waals surface area contributed by atoms with Crippen molar-refractivity contribution in [3.63, 3.8) is 0 Å². The van der Waals surface area contributed by atoms with Gasteiger partial charge in [-0.25, -0.2) is 0 Å². The van der Waals surface area contributed by atoms with Crippen molar-refractivity contribution in [1.82, 2.24) is 10.2 Å². The summed E-state index contributed by atoms with van der Waals surface area (Å²) < 4.78 is 36.2. The molecule has 0 radical (unpaired) electrons. The average molecular weight is 257 g/mol. The van der Waals surface area contributed by atoms with Gasteiger partial charge in [0.25, 0.3) is 0 Å². The van der Waals surface area contributed by atoms with Gasteiger partial charge in [-0.3, -0.25) is 0 Å². The monoisotopic (exact) mass is 257 g/mol. The van der Waals surface area contributed by atoms with Crippen LogP contribution in [-0.4, -0.2) is 28.7 Å². The molecule has 1 heterocycles. The summed E-state index contributed by atoms with van der Waals surface area (Å²) in [6, 6.07) is 0. The Morgan fingerprint density at radius 1 is 1.40 bits per heavy atom. The second-order valence-corrected chi connectivity index (χ2v) is 5.01. The van der Waals surface area contributed by atoms with Crippen LogP contribution in [0.4, 0.5) is 18.3 Å². The lowest BCUT2D eigenvalue weighted by Gasteiger charge is -2.05. The van der Waals surface area contributed by atoms with Crippen molar-refractivity contribution in [2.45, 2.75) is 23.9 Å². The van der Waals surface area contributed by atoms with Crippen LogP contribution in [0.2, 0.25) is 0 Å². The van der Waals surface area contributed by atoms with Gasteiger partial charge >= 0.3 is 6.18 Å². The fraction of sp³-hybridized carbons (Fsp3) is 0.714. The molecule has 8 heteroatoms. The number of thioether (sulfide) groups is 1. The number of nitrogens with one attached hydrogen (secondary N) is 1. The van der Waals surface area contributed by atoms with Gasteiger partial charge in [0.05, 0.1) is 0 Å². The van der Waals surface area contributed by atoms with E-state index in [-0.39, 0.29) is 5.13 Å². The first-order valence-corrected chi connectivity index (χ1v) is 6.08. The van der Waals surface area contributed by atoms with Crippen molar-refractivity contribution in [3.8, 4) is 0 Å². The van der Waals surface area contributed by atoms with Gasteiger partial charge in [0.2, 0.25) is 5.13 Å². The lowest BCUT2D eigenvalue weighted by Crippen LogP contribution is -2.21. The molecule has 0 aliphatic rings. The summed E-state index contributed by atoms with van der Waals surface area (Å²) in [6.07, 6.45) is -3.22. The molecule has 0 fully saturated rings. The predicted molar refractivity (Wildman–Crippen MR) is 55.5 cm³/mol. The third-order valence-corrected chi connectivity index (χ3v) is 3.50. The van der Waals surface area contributed by atoms with Gasteiger partial charge in [-0.15, -0.1) is 10.2 Å². The predicted octanol–water partition coefficient (Wildman–Crippen LogP) is 3.01. The highest BCUT2D eigenvalue weighted by molar-refractivity contribution is 8.01. The largest absolute Gasteiger partial charge is 0.405 e. The maximum absolute atomic E-state index is 11.8. The number of alkyl halides is 3. The molecule has 1 aromatic rings. The summed E-state index contributed by atoms with van der Waals surface area (Å²) in [5, 5.41) is 9.77. The molecule has 0 saturated heterocycles. The zero-order valence-corrected chi connectivity index (χ0v) is 9.60. The maximum atomic E-state index is 11.8. The SMILES string of the molecule is CCCSc1nnc(NCC(F)(F)F)s1. The Bertz CT molecular complexity index is 300. The highest BCUT2D eigenvalue weighted by atomic mass is 32.2. The molecule has 0 aliphatic carbocycles. The Kier molecular flexibility index (Phi) is 4.65. The van der Waals surface area contributed by atoms with Crippen LogP contribution in [0.15, 0.2) is 4.34 Å². The Balaban J connectivity index is 2.39. The molecule has 0 unspecified atom stereocenters. The molecule has 0 aromatic carbocycles. The summed E-state index contributed by atoms with van der Waals surface area (Å²) >= 11 is 2.64. The van der Waals surface area contributed by atoms with Gasteiger partial charge < -0.3 is 5.32 Å². The summed E-state index contributed by atoms with van der Waals surface area (Å²) in [6.45, 7) is 0.955. The molecule has 3 nitrogen and oxygen atoms in total. The number of anilines is 1. The minimum atomic E-state index is -4.22. The number of rotatable bonds is 5. The van der Waals surface area contributed by atoms with Crippen molar-refractivity contribution in [1.29, 1.82) is 0 Å². The van der Waals surface area contributed by atoms with Gasteiger partial charge in [0, 0.05) is 5.75 Å². The van der Waals surface area contributed by atoms with E-state index in [0.29, 0.717) is 4.34 Å². The first kappa shape index (κ1) is 12.6. The van der Waals surface area contributed by atoms with E-state index in [0.717, 1.165) is 23.5 Å². The normalized spacial score (nSPS) is 11.7. The molecular weight excluding hydrogens is 247 g/mol.